The zero-order valence-electron chi connectivity index (χ0n) is 16.8. The summed E-state index contributed by atoms with van der Waals surface area (Å²) >= 11 is 0. The summed E-state index contributed by atoms with van der Waals surface area (Å²) in [7, 11) is 0. The van der Waals surface area contributed by atoms with Crippen LogP contribution < -0.4 is 4.74 Å². The SMILES string of the molecule is O=C(/C=C/c1ccc(O)cc1)CC(=O)/C=C/c1ccc(O)c(OC2CCCCC2)c1. The van der Waals surface area contributed by atoms with Gasteiger partial charge < -0.3 is 14.9 Å². The minimum Gasteiger partial charge on any atom is -0.508 e. The summed E-state index contributed by atoms with van der Waals surface area (Å²) in [6.07, 6.45) is 11.3. The molecule has 0 atom stereocenters. The number of benzene rings is 2. The van der Waals surface area contributed by atoms with E-state index in [-0.39, 0.29) is 35.6 Å². The Morgan fingerprint density at radius 1 is 0.867 bits per heavy atom. The van der Waals surface area contributed by atoms with E-state index < -0.39 is 0 Å². The van der Waals surface area contributed by atoms with Crippen molar-refractivity contribution >= 4 is 23.7 Å². The lowest BCUT2D eigenvalue weighted by Gasteiger charge is -2.23. The normalized spacial score (nSPS) is 14.9. The van der Waals surface area contributed by atoms with Gasteiger partial charge >= 0.3 is 0 Å². The second-order valence-electron chi connectivity index (χ2n) is 7.47. The predicted octanol–water partition coefficient (Wildman–Crippen LogP) is 5.06. The number of allylic oxidation sites excluding steroid dienone is 2. The topological polar surface area (TPSA) is 83.8 Å². The first-order valence-electron chi connectivity index (χ1n) is 10.2. The fourth-order valence-corrected chi connectivity index (χ4v) is 3.34. The third-order valence-electron chi connectivity index (χ3n) is 4.99. The smallest absolute Gasteiger partial charge is 0.163 e. The van der Waals surface area contributed by atoms with Crippen LogP contribution in [0.1, 0.15) is 49.7 Å². The van der Waals surface area contributed by atoms with Crippen LogP contribution in [-0.4, -0.2) is 27.9 Å². The second kappa shape index (κ2) is 10.4. The third-order valence-corrected chi connectivity index (χ3v) is 4.99. The Balaban J connectivity index is 1.55. The van der Waals surface area contributed by atoms with Crippen LogP contribution in [0.25, 0.3) is 12.2 Å². The van der Waals surface area contributed by atoms with Gasteiger partial charge in [-0.3, -0.25) is 9.59 Å². The molecule has 1 aliphatic rings. The molecule has 1 aliphatic carbocycles. The van der Waals surface area contributed by atoms with Gasteiger partial charge in [-0.05, 0) is 73.2 Å². The van der Waals surface area contributed by atoms with E-state index in [9.17, 15) is 19.8 Å². The zero-order chi connectivity index (χ0) is 21.3. The molecule has 5 nitrogen and oxygen atoms in total. The van der Waals surface area contributed by atoms with Crippen LogP contribution in [0, 0.1) is 0 Å². The van der Waals surface area contributed by atoms with Crippen LogP contribution >= 0.6 is 0 Å². The van der Waals surface area contributed by atoms with E-state index >= 15 is 0 Å². The van der Waals surface area contributed by atoms with Gasteiger partial charge in [0.25, 0.3) is 0 Å². The van der Waals surface area contributed by atoms with Crippen molar-refractivity contribution in [3.63, 3.8) is 0 Å². The number of ether oxygens (including phenoxy) is 1. The number of phenolic OH excluding ortho intramolecular Hbond substituents is 2. The quantitative estimate of drug-likeness (QED) is 0.473. The molecule has 2 aromatic carbocycles. The Labute approximate surface area is 176 Å². The number of phenols is 2. The highest BCUT2D eigenvalue weighted by atomic mass is 16.5. The van der Waals surface area contributed by atoms with Crippen molar-refractivity contribution in [1.82, 2.24) is 0 Å². The minimum absolute atomic E-state index is 0.0820. The summed E-state index contributed by atoms with van der Waals surface area (Å²) in [5.41, 5.74) is 1.48. The molecule has 0 amide bonds. The molecule has 1 saturated carbocycles. The minimum atomic E-state index is -0.307. The lowest BCUT2D eigenvalue weighted by molar-refractivity contribution is -0.121. The van der Waals surface area contributed by atoms with Gasteiger partial charge in [0.2, 0.25) is 0 Å². The maximum Gasteiger partial charge on any atom is 0.163 e. The number of ketones is 2. The van der Waals surface area contributed by atoms with Crippen LogP contribution in [0.3, 0.4) is 0 Å². The van der Waals surface area contributed by atoms with Gasteiger partial charge in [0.15, 0.2) is 23.1 Å². The molecule has 0 aliphatic heterocycles. The fourth-order valence-electron chi connectivity index (χ4n) is 3.34. The van der Waals surface area contributed by atoms with Crippen LogP contribution in [0.15, 0.2) is 54.6 Å². The van der Waals surface area contributed by atoms with Gasteiger partial charge in [-0.2, -0.15) is 0 Å². The first kappa shape index (κ1) is 21.4. The van der Waals surface area contributed by atoms with Crippen LogP contribution in [0.4, 0.5) is 0 Å². The lowest BCUT2D eigenvalue weighted by atomic mass is 9.98. The van der Waals surface area contributed by atoms with Gasteiger partial charge in [-0.25, -0.2) is 0 Å². The number of hydrogen-bond donors (Lipinski definition) is 2. The number of rotatable bonds is 8. The van der Waals surface area contributed by atoms with E-state index in [1.54, 1.807) is 42.5 Å². The molecule has 5 heteroatoms. The van der Waals surface area contributed by atoms with Crippen molar-refractivity contribution in [2.75, 3.05) is 0 Å². The molecule has 0 saturated heterocycles. The molecule has 0 spiro atoms. The van der Waals surface area contributed by atoms with Crippen molar-refractivity contribution < 1.29 is 24.5 Å². The average molecular weight is 406 g/mol. The standard InChI is InChI=1S/C25H26O5/c26-20-11-6-18(7-12-20)8-13-21(27)17-22(28)14-9-19-10-15-24(29)25(16-19)30-23-4-2-1-3-5-23/h6-16,23,26,29H,1-5,17H2/b13-8+,14-9+. The Morgan fingerprint density at radius 3 is 2.13 bits per heavy atom. The third kappa shape index (κ3) is 6.62. The Hall–Kier alpha value is -3.34. The van der Waals surface area contributed by atoms with Gasteiger partial charge in [0.05, 0.1) is 12.5 Å². The molecule has 30 heavy (non-hydrogen) atoms. The molecule has 0 heterocycles. The lowest BCUT2D eigenvalue weighted by Crippen LogP contribution is -2.19. The van der Waals surface area contributed by atoms with E-state index in [0.717, 1.165) is 36.8 Å². The average Bonchev–Trinajstić information content (AvgIpc) is 2.74. The van der Waals surface area contributed by atoms with Gasteiger partial charge in [0, 0.05) is 0 Å². The number of carbonyl (C=O) groups excluding carboxylic acids is 2. The molecule has 2 N–H and O–H groups in total. The highest BCUT2D eigenvalue weighted by molar-refractivity contribution is 6.10. The summed E-state index contributed by atoms with van der Waals surface area (Å²) in [5, 5.41) is 19.3. The van der Waals surface area contributed by atoms with Crippen molar-refractivity contribution in [1.29, 1.82) is 0 Å². The maximum absolute atomic E-state index is 12.1. The number of carbonyl (C=O) groups is 2. The van der Waals surface area contributed by atoms with Crippen LogP contribution in [0.2, 0.25) is 0 Å². The van der Waals surface area contributed by atoms with E-state index in [0.29, 0.717) is 5.75 Å². The van der Waals surface area contributed by atoms with Gasteiger partial charge in [-0.15, -0.1) is 0 Å². The molecule has 3 rings (SSSR count). The van der Waals surface area contributed by atoms with Crippen molar-refractivity contribution in [3.05, 3.63) is 65.7 Å². The van der Waals surface area contributed by atoms with Crippen molar-refractivity contribution in [3.8, 4) is 17.2 Å². The molecule has 0 unspecified atom stereocenters. The van der Waals surface area contributed by atoms with Crippen molar-refractivity contribution in [2.24, 2.45) is 0 Å². The molecular formula is C25H26O5. The van der Waals surface area contributed by atoms with Crippen LogP contribution in [-0.2, 0) is 9.59 Å². The molecule has 0 aromatic heterocycles. The first-order valence-corrected chi connectivity index (χ1v) is 10.2. The summed E-state index contributed by atoms with van der Waals surface area (Å²) in [6.45, 7) is 0. The highest BCUT2D eigenvalue weighted by Gasteiger charge is 2.16. The molecule has 0 bridgehead atoms. The summed E-state index contributed by atoms with van der Waals surface area (Å²) in [5.74, 6) is 0.0475. The van der Waals surface area contributed by atoms with Gasteiger partial charge in [-0.1, -0.05) is 36.8 Å². The predicted molar refractivity (Wildman–Crippen MR) is 116 cm³/mol. The maximum atomic E-state index is 12.1. The molecule has 1 fully saturated rings. The summed E-state index contributed by atoms with van der Waals surface area (Å²) < 4.78 is 5.93. The Morgan fingerprint density at radius 2 is 1.47 bits per heavy atom. The fraction of sp³-hybridized carbons (Fsp3) is 0.280. The van der Waals surface area contributed by atoms with Gasteiger partial charge in [0.1, 0.15) is 5.75 Å². The van der Waals surface area contributed by atoms with E-state index in [2.05, 4.69) is 0 Å². The molecule has 0 radical (unpaired) electrons. The van der Waals surface area contributed by atoms with E-state index in [1.165, 1.54) is 30.7 Å². The van der Waals surface area contributed by atoms with E-state index in [4.69, 9.17) is 4.74 Å². The molecule has 2 aromatic rings. The van der Waals surface area contributed by atoms with E-state index in [1.807, 2.05) is 0 Å². The van der Waals surface area contributed by atoms with Crippen molar-refractivity contribution in [2.45, 2.75) is 44.6 Å². The Kier molecular flexibility index (Phi) is 7.44. The first-order chi connectivity index (χ1) is 14.5. The largest absolute Gasteiger partial charge is 0.508 e. The highest BCUT2D eigenvalue weighted by Crippen LogP contribution is 2.31. The monoisotopic (exact) mass is 406 g/mol. The Bertz CT molecular complexity index is 935. The molecular weight excluding hydrogens is 380 g/mol. The number of aromatic hydroxyl groups is 2. The van der Waals surface area contributed by atoms with Crippen LogP contribution in [0.5, 0.6) is 17.2 Å². The summed E-state index contributed by atoms with van der Waals surface area (Å²) in [6, 6.07) is 11.4. The number of hydrogen-bond acceptors (Lipinski definition) is 5. The zero-order valence-corrected chi connectivity index (χ0v) is 16.8. The molecule has 156 valence electrons. The second-order valence-corrected chi connectivity index (χ2v) is 7.47. The summed E-state index contributed by atoms with van der Waals surface area (Å²) in [4.78, 5) is 24.1.